The second kappa shape index (κ2) is 7.99. The number of hydrogen-bond acceptors (Lipinski definition) is 3. The molecular formula is C16H31N3O. The normalized spacial score (nSPS) is 29.3. The van der Waals surface area contributed by atoms with Crippen molar-refractivity contribution in [3.8, 4) is 0 Å². The molecule has 3 N–H and O–H groups in total. The SMILES string of the molecule is CC1CCN(CCNC(=O)CC2CCC(N)CC2)CC1. The number of rotatable bonds is 5. The van der Waals surface area contributed by atoms with E-state index < -0.39 is 0 Å². The molecule has 0 radical (unpaired) electrons. The second-order valence-electron chi connectivity index (χ2n) is 6.86. The molecule has 20 heavy (non-hydrogen) atoms. The molecule has 1 aliphatic heterocycles. The van der Waals surface area contributed by atoms with Crippen molar-refractivity contribution < 1.29 is 4.79 Å². The van der Waals surface area contributed by atoms with Crippen LogP contribution in [0.4, 0.5) is 0 Å². The molecule has 4 heteroatoms. The van der Waals surface area contributed by atoms with E-state index in [-0.39, 0.29) is 5.91 Å². The maximum atomic E-state index is 11.9. The van der Waals surface area contributed by atoms with Crippen LogP contribution in [0.3, 0.4) is 0 Å². The summed E-state index contributed by atoms with van der Waals surface area (Å²) >= 11 is 0. The van der Waals surface area contributed by atoms with Gasteiger partial charge in [0.15, 0.2) is 0 Å². The fourth-order valence-electron chi connectivity index (χ4n) is 3.37. The van der Waals surface area contributed by atoms with E-state index in [2.05, 4.69) is 17.1 Å². The first-order valence-electron chi connectivity index (χ1n) is 8.38. The minimum Gasteiger partial charge on any atom is -0.355 e. The molecule has 1 amide bonds. The highest BCUT2D eigenvalue weighted by Gasteiger charge is 2.21. The molecule has 0 atom stereocenters. The minimum absolute atomic E-state index is 0.232. The third kappa shape index (κ3) is 5.41. The van der Waals surface area contributed by atoms with E-state index >= 15 is 0 Å². The number of carbonyl (C=O) groups excluding carboxylic acids is 1. The minimum atomic E-state index is 0.232. The smallest absolute Gasteiger partial charge is 0.220 e. The van der Waals surface area contributed by atoms with Gasteiger partial charge in [-0.1, -0.05) is 6.92 Å². The van der Waals surface area contributed by atoms with Crippen LogP contribution in [0.15, 0.2) is 0 Å². The summed E-state index contributed by atoms with van der Waals surface area (Å²) in [6, 6.07) is 0.371. The first-order chi connectivity index (χ1) is 9.63. The monoisotopic (exact) mass is 281 g/mol. The molecule has 1 saturated carbocycles. The van der Waals surface area contributed by atoms with Gasteiger partial charge in [0.2, 0.25) is 5.91 Å². The lowest BCUT2D eigenvalue weighted by molar-refractivity contribution is -0.122. The molecule has 0 spiro atoms. The maximum absolute atomic E-state index is 11.9. The number of hydrogen-bond donors (Lipinski definition) is 2. The molecule has 1 heterocycles. The highest BCUT2D eigenvalue weighted by molar-refractivity contribution is 5.76. The van der Waals surface area contributed by atoms with Gasteiger partial charge in [-0.3, -0.25) is 4.79 Å². The van der Waals surface area contributed by atoms with Crippen molar-refractivity contribution in [2.75, 3.05) is 26.2 Å². The van der Waals surface area contributed by atoms with Crippen LogP contribution in [0.25, 0.3) is 0 Å². The molecule has 2 fully saturated rings. The van der Waals surface area contributed by atoms with Crippen molar-refractivity contribution in [3.05, 3.63) is 0 Å². The summed E-state index contributed by atoms with van der Waals surface area (Å²) in [5.41, 5.74) is 5.89. The number of nitrogens with one attached hydrogen (secondary N) is 1. The fraction of sp³-hybridized carbons (Fsp3) is 0.938. The number of nitrogens with zero attached hydrogens (tertiary/aromatic N) is 1. The summed E-state index contributed by atoms with van der Waals surface area (Å²) in [6.07, 6.45) is 7.72. The van der Waals surface area contributed by atoms with Crippen molar-refractivity contribution in [1.29, 1.82) is 0 Å². The van der Waals surface area contributed by atoms with E-state index in [4.69, 9.17) is 5.73 Å². The third-order valence-electron chi connectivity index (χ3n) is 4.99. The maximum Gasteiger partial charge on any atom is 0.220 e. The molecule has 4 nitrogen and oxygen atoms in total. The van der Waals surface area contributed by atoms with Gasteiger partial charge in [-0.15, -0.1) is 0 Å². The van der Waals surface area contributed by atoms with Gasteiger partial charge in [0.1, 0.15) is 0 Å². The van der Waals surface area contributed by atoms with E-state index in [1.165, 1.54) is 25.9 Å². The summed E-state index contributed by atoms with van der Waals surface area (Å²) in [6.45, 7) is 6.53. The van der Waals surface area contributed by atoms with Crippen LogP contribution in [0.1, 0.15) is 51.9 Å². The van der Waals surface area contributed by atoms with E-state index in [1.807, 2.05) is 0 Å². The average molecular weight is 281 g/mol. The van der Waals surface area contributed by atoms with Crippen molar-refractivity contribution in [2.45, 2.75) is 57.9 Å². The van der Waals surface area contributed by atoms with E-state index in [0.29, 0.717) is 18.4 Å². The second-order valence-corrected chi connectivity index (χ2v) is 6.86. The Bertz CT molecular complexity index is 292. The van der Waals surface area contributed by atoms with Gasteiger partial charge in [-0.2, -0.15) is 0 Å². The molecule has 0 unspecified atom stereocenters. The summed E-state index contributed by atoms with van der Waals surface area (Å²) in [4.78, 5) is 14.4. The molecule has 2 aliphatic rings. The zero-order valence-corrected chi connectivity index (χ0v) is 12.9. The Balaban J connectivity index is 1.54. The first kappa shape index (κ1) is 15.8. The molecular weight excluding hydrogens is 250 g/mol. The third-order valence-corrected chi connectivity index (χ3v) is 4.99. The quantitative estimate of drug-likeness (QED) is 0.807. The van der Waals surface area contributed by atoms with Crippen LogP contribution < -0.4 is 11.1 Å². The summed E-state index contributed by atoms with van der Waals surface area (Å²) in [7, 11) is 0. The Morgan fingerprint density at radius 1 is 1.15 bits per heavy atom. The number of nitrogens with two attached hydrogens (primary N) is 1. The lowest BCUT2D eigenvalue weighted by Gasteiger charge is -2.30. The van der Waals surface area contributed by atoms with Crippen LogP contribution in [-0.4, -0.2) is 43.0 Å². The number of carbonyl (C=O) groups is 1. The van der Waals surface area contributed by atoms with Gasteiger partial charge >= 0.3 is 0 Å². The highest BCUT2D eigenvalue weighted by Crippen LogP contribution is 2.25. The van der Waals surface area contributed by atoms with Crippen LogP contribution in [0.2, 0.25) is 0 Å². The zero-order valence-electron chi connectivity index (χ0n) is 12.9. The Hall–Kier alpha value is -0.610. The van der Waals surface area contributed by atoms with Crippen LogP contribution in [0.5, 0.6) is 0 Å². The Morgan fingerprint density at radius 2 is 1.80 bits per heavy atom. The van der Waals surface area contributed by atoms with Gasteiger partial charge in [-0.05, 0) is 63.5 Å². The van der Waals surface area contributed by atoms with Crippen molar-refractivity contribution >= 4 is 5.91 Å². The van der Waals surface area contributed by atoms with Crippen molar-refractivity contribution in [3.63, 3.8) is 0 Å². The summed E-state index contributed by atoms with van der Waals surface area (Å²) in [5.74, 6) is 1.67. The fourth-order valence-corrected chi connectivity index (χ4v) is 3.37. The summed E-state index contributed by atoms with van der Waals surface area (Å²) in [5, 5.41) is 3.09. The highest BCUT2D eigenvalue weighted by atomic mass is 16.1. The van der Waals surface area contributed by atoms with Crippen molar-refractivity contribution in [2.24, 2.45) is 17.6 Å². The van der Waals surface area contributed by atoms with Gasteiger partial charge in [0.05, 0.1) is 0 Å². The lowest BCUT2D eigenvalue weighted by atomic mass is 9.84. The molecule has 0 aromatic carbocycles. The molecule has 116 valence electrons. The lowest BCUT2D eigenvalue weighted by Crippen LogP contribution is -2.39. The van der Waals surface area contributed by atoms with Crippen molar-refractivity contribution in [1.82, 2.24) is 10.2 Å². The van der Waals surface area contributed by atoms with Gasteiger partial charge in [0.25, 0.3) is 0 Å². The van der Waals surface area contributed by atoms with Gasteiger partial charge in [-0.25, -0.2) is 0 Å². The average Bonchev–Trinajstić information content (AvgIpc) is 2.44. The Kier molecular flexibility index (Phi) is 6.30. The molecule has 0 aromatic heterocycles. The Labute approximate surface area is 123 Å². The van der Waals surface area contributed by atoms with Crippen LogP contribution in [-0.2, 0) is 4.79 Å². The first-order valence-corrected chi connectivity index (χ1v) is 8.38. The number of likely N-dealkylation sites (tertiary alicyclic amines) is 1. The molecule has 2 rings (SSSR count). The largest absolute Gasteiger partial charge is 0.355 e. The summed E-state index contributed by atoms with van der Waals surface area (Å²) < 4.78 is 0. The Morgan fingerprint density at radius 3 is 2.45 bits per heavy atom. The van der Waals surface area contributed by atoms with Crippen LogP contribution in [0, 0.1) is 11.8 Å². The molecule has 1 aliphatic carbocycles. The van der Waals surface area contributed by atoms with Gasteiger partial charge < -0.3 is 16.0 Å². The molecule has 0 aromatic rings. The zero-order chi connectivity index (χ0) is 14.4. The van der Waals surface area contributed by atoms with E-state index in [1.54, 1.807) is 0 Å². The topological polar surface area (TPSA) is 58.4 Å². The van der Waals surface area contributed by atoms with E-state index in [0.717, 1.165) is 44.7 Å². The molecule has 0 bridgehead atoms. The number of amides is 1. The van der Waals surface area contributed by atoms with E-state index in [9.17, 15) is 4.79 Å². The predicted octanol–water partition coefficient (Wildman–Crippen LogP) is 1.74. The molecule has 1 saturated heterocycles. The predicted molar refractivity (Wildman–Crippen MR) is 82.4 cm³/mol. The van der Waals surface area contributed by atoms with Crippen LogP contribution >= 0.6 is 0 Å². The van der Waals surface area contributed by atoms with Gasteiger partial charge in [0, 0.05) is 25.6 Å². The standard InChI is InChI=1S/C16H31N3O/c1-13-6-9-19(10-7-13)11-8-18-16(20)12-14-2-4-15(17)5-3-14/h13-15H,2-12,17H2,1H3,(H,18,20). The number of piperidine rings is 1.